The minimum atomic E-state index is -0.347. The fraction of sp³-hybridized carbons (Fsp3) is 0.318. The van der Waals surface area contributed by atoms with Gasteiger partial charge in [0.05, 0.1) is 15.2 Å². The van der Waals surface area contributed by atoms with Gasteiger partial charge in [-0.15, -0.1) is 11.3 Å². The van der Waals surface area contributed by atoms with Crippen LogP contribution in [0.5, 0.6) is 0 Å². The van der Waals surface area contributed by atoms with Gasteiger partial charge in [0.1, 0.15) is 0 Å². The van der Waals surface area contributed by atoms with Crippen LogP contribution in [0.4, 0.5) is 0 Å². The predicted molar refractivity (Wildman–Crippen MR) is 111 cm³/mol. The fourth-order valence-corrected chi connectivity index (χ4v) is 3.85. The summed E-state index contributed by atoms with van der Waals surface area (Å²) in [5, 5.41) is 3.80. The number of carbonyl (C=O) groups excluding carboxylic acids is 2. The minimum absolute atomic E-state index is 0.217. The molecule has 6 heteroatoms. The maximum absolute atomic E-state index is 11.8. The number of para-hydroxylation sites is 1. The Bertz CT molecular complexity index is 875. The number of nitrogens with zero attached hydrogens (tertiary/aromatic N) is 1. The number of aryl methyl sites for hydroxylation is 2. The molecule has 5 nitrogen and oxygen atoms in total. The molecule has 3 aromatic rings. The molecule has 2 aromatic carbocycles. The number of hydrogen-bond donors (Lipinski definition) is 1. The van der Waals surface area contributed by atoms with Crippen LogP contribution in [0.15, 0.2) is 54.6 Å². The molecular formula is C22H24N2O3S. The highest BCUT2D eigenvalue weighted by Crippen LogP contribution is 2.22. The fourth-order valence-electron chi connectivity index (χ4n) is 2.85. The molecule has 146 valence electrons. The van der Waals surface area contributed by atoms with E-state index in [0.29, 0.717) is 13.0 Å². The van der Waals surface area contributed by atoms with Crippen LogP contribution >= 0.6 is 11.3 Å². The SMILES string of the molecule is O=C(COC(=O)CCCc1nc2ccccc2s1)NCCCc1ccccc1. The molecular weight excluding hydrogens is 372 g/mol. The van der Waals surface area contributed by atoms with Gasteiger partial charge in [0.2, 0.25) is 0 Å². The van der Waals surface area contributed by atoms with E-state index in [4.69, 9.17) is 4.74 Å². The van der Waals surface area contributed by atoms with Crippen molar-refractivity contribution in [3.8, 4) is 0 Å². The number of rotatable bonds is 10. The van der Waals surface area contributed by atoms with Crippen LogP contribution in [0.3, 0.4) is 0 Å². The third-order valence-electron chi connectivity index (χ3n) is 4.28. The van der Waals surface area contributed by atoms with Crippen LogP contribution in [0, 0.1) is 0 Å². The van der Waals surface area contributed by atoms with Gasteiger partial charge in [-0.3, -0.25) is 9.59 Å². The number of ether oxygens (including phenoxy) is 1. The molecule has 0 aliphatic heterocycles. The Morgan fingerprint density at radius 2 is 1.75 bits per heavy atom. The van der Waals surface area contributed by atoms with Crippen molar-refractivity contribution in [3.63, 3.8) is 0 Å². The van der Waals surface area contributed by atoms with Gasteiger partial charge in [-0.05, 0) is 43.4 Å². The molecule has 1 amide bonds. The lowest BCUT2D eigenvalue weighted by Crippen LogP contribution is -2.29. The van der Waals surface area contributed by atoms with Gasteiger partial charge in [0, 0.05) is 13.0 Å². The van der Waals surface area contributed by atoms with Crippen LogP contribution in [0.25, 0.3) is 10.2 Å². The number of nitrogens with one attached hydrogen (secondary N) is 1. The average molecular weight is 397 g/mol. The van der Waals surface area contributed by atoms with Crippen molar-refractivity contribution in [1.82, 2.24) is 10.3 Å². The molecule has 1 heterocycles. The molecule has 0 fully saturated rings. The Morgan fingerprint density at radius 1 is 0.964 bits per heavy atom. The molecule has 0 bridgehead atoms. The summed E-state index contributed by atoms with van der Waals surface area (Å²) in [6.07, 6.45) is 3.45. The first kappa shape index (κ1) is 20.0. The maximum atomic E-state index is 11.8. The summed E-state index contributed by atoms with van der Waals surface area (Å²) < 4.78 is 6.20. The van der Waals surface area contributed by atoms with Gasteiger partial charge >= 0.3 is 5.97 Å². The third kappa shape index (κ3) is 6.46. The van der Waals surface area contributed by atoms with E-state index in [1.165, 1.54) is 5.56 Å². The van der Waals surface area contributed by atoms with Gasteiger partial charge in [-0.2, -0.15) is 0 Å². The number of carbonyl (C=O) groups is 2. The van der Waals surface area contributed by atoms with Gasteiger partial charge < -0.3 is 10.1 Å². The highest BCUT2D eigenvalue weighted by atomic mass is 32.1. The number of hydrogen-bond acceptors (Lipinski definition) is 5. The molecule has 0 aliphatic rings. The zero-order chi connectivity index (χ0) is 19.6. The molecule has 3 rings (SSSR count). The van der Waals surface area contributed by atoms with Crippen LogP contribution in [-0.4, -0.2) is 30.0 Å². The number of amides is 1. The highest BCUT2D eigenvalue weighted by molar-refractivity contribution is 7.18. The number of fused-ring (bicyclic) bond motifs is 1. The number of esters is 1. The summed E-state index contributed by atoms with van der Waals surface area (Å²) in [5.74, 6) is -0.604. The van der Waals surface area contributed by atoms with Crippen LogP contribution in [0.2, 0.25) is 0 Å². The molecule has 0 aliphatic carbocycles. The van der Waals surface area contributed by atoms with E-state index < -0.39 is 0 Å². The van der Waals surface area contributed by atoms with Crippen molar-refractivity contribution >= 4 is 33.4 Å². The molecule has 28 heavy (non-hydrogen) atoms. The smallest absolute Gasteiger partial charge is 0.306 e. The summed E-state index contributed by atoms with van der Waals surface area (Å²) in [5.41, 5.74) is 2.24. The summed E-state index contributed by atoms with van der Waals surface area (Å²) >= 11 is 1.65. The van der Waals surface area contributed by atoms with Crippen LogP contribution in [-0.2, 0) is 27.2 Å². The van der Waals surface area contributed by atoms with Crippen LogP contribution in [0.1, 0.15) is 29.8 Å². The molecule has 0 saturated heterocycles. The van der Waals surface area contributed by atoms with E-state index >= 15 is 0 Å². The zero-order valence-corrected chi connectivity index (χ0v) is 16.5. The van der Waals surface area contributed by atoms with Crippen molar-refractivity contribution in [1.29, 1.82) is 0 Å². The lowest BCUT2D eigenvalue weighted by atomic mass is 10.1. The van der Waals surface area contributed by atoms with Crippen molar-refractivity contribution in [2.45, 2.75) is 32.1 Å². The molecule has 0 spiro atoms. The molecule has 0 atom stereocenters. The number of thiazole rings is 1. The van der Waals surface area contributed by atoms with Crippen molar-refractivity contribution in [2.24, 2.45) is 0 Å². The second kappa shape index (κ2) is 10.6. The Morgan fingerprint density at radius 3 is 2.57 bits per heavy atom. The average Bonchev–Trinajstić information content (AvgIpc) is 3.13. The summed E-state index contributed by atoms with van der Waals surface area (Å²) in [4.78, 5) is 28.1. The van der Waals surface area contributed by atoms with E-state index in [9.17, 15) is 9.59 Å². The normalized spacial score (nSPS) is 10.7. The Kier molecular flexibility index (Phi) is 7.55. The monoisotopic (exact) mass is 396 g/mol. The number of aromatic nitrogens is 1. The lowest BCUT2D eigenvalue weighted by Gasteiger charge is -2.06. The van der Waals surface area contributed by atoms with Crippen molar-refractivity contribution < 1.29 is 14.3 Å². The predicted octanol–water partition coefficient (Wildman–Crippen LogP) is 3.91. The Labute approximate surface area is 168 Å². The first-order chi connectivity index (χ1) is 13.7. The highest BCUT2D eigenvalue weighted by Gasteiger charge is 2.09. The zero-order valence-electron chi connectivity index (χ0n) is 15.7. The Balaban J connectivity index is 1.26. The standard InChI is InChI=1S/C22H24N2O3S/c25-20(23-15-7-10-17-8-2-1-3-9-17)16-27-22(26)14-6-13-21-24-18-11-4-5-12-19(18)28-21/h1-5,8-9,11-12H,6-7,10,13-16H2,(H,23,25). The van der Waals surface area contributed by atoms with E-state index in [-0.39, 0.29) is 24.9 Å². The van der Waals surface area contributed by atoms with E-state index in [2.05, 4.69) is 22.4 Å². The second-order valence-electron chi connectivity index (χ2n) is 6.53. The maximum Gasteiger partial charge on any atom is 0.306 e. The molecule has 1 aromatic heterocycles. The third-order valence-corrected chi connectivity index (χ3v) is 5.38. The topological polar surface area (TPSA) is 68.3 Å². The lowest BCUT2D eigenvalue weighted by molar-refractivity contribution is -0.148. The summed E-state index contributed by atoms with van der Waals surface area (Å²) in [7, 11) is 0. The molecule has 1 N–H and O–H groups in total. The summed E-state index contributed by atoms with van der Waals surface area (Å²) in [6, 6.07) is 18.1. The second-order valence-corrected chi connectivity index (χ2v) is 7.64. The van der Waals surface area contributed by atoms with Crippen LogP contribution < -0.4 is 5.32 Å². The summed E-state index contributed by atoms with van der Waals surface area (Å²) in [6.45, 7) is 0.355. The van der Waals surface area contributed by atoms with Gasteiger partial charge in [0.15, 0.2) is 6.61 Å². The quantitative estimate of drug-likeness (QED) is 0.417. The largest absolute Gasteiger partial charge is 0.456 e. The molecule has 0 saturated carbocycles. The van der Waals surface area contributed by atoms with Crippen molar-refractivity contribution in [3.05, 3.63) is 65.2 Å². The first-order valence-electron chi connectivity index (χ1n) is 9.51. The molecule has 0 radical (unpaired) electrons. The molecule has 0 unspecified atom stereocenters. The number of benzene rings is 2. The van der Waals surface area contributed by atoms with Gasteiger partial charge in [-0.1, -0.05) is 42.5 Å². The Hall–Kier alpha value is -2.73. The first-order valence-corrected chi connectivity index (χ1v) is 10.3. The van der Waals surface area contributed by atoms with E-state index in [0.717, 1.165) is 34.5 Å². The van der Waals surface area contributed by atoms with E-state index in [1.54, 1.807) is 11.3 Å². The van der Waals surface area contributed by atoms with Crippen molar-refractivity contribution in [2.75, 3.05) is 13.2 Å². The minimum Gasteiger partial charge on any atom is -0.456 e. The van der Waals surface area contributed by atoms with E-state index in [1.807, 2.05) is 42.5 Å². The van der Waals surface area contributed by atoms with Gasteiger partial charge in [0.25, 0.3) is 5.91 Å². The van der Waals surface area contributed by atoms with Gasteiger partial charge in [-0.25, -0.2) is 4.98 Å².